The first-order chi connectivity index (χ1) is 19.4. The van der Waals surface area contributed by atoms with Crippen molar-refractivity contribution < 1.29 is 23.5 Å². The lowest BCUT2D eigenvalue weighted by Crippen LogP contribution is -2.45. The molecule has 206 valence electrons. The fourth-order valence-corrected chi connectivity index (χ4v) is 4.41. The van der Waals surface area contributed by atoms with Gasteiger partial charge in [0.05, 0.1) is 12.1 Å². The predicted octanol–water partition coefficient (Wildman–Crippen LogP) is 6.00. The van der Waals surface area contributed by atoms with Crippen molar-refractivity contribution in [1.29, 1.82) is 0 Å². The lowest BCUT2D eigenvalue weighted by molar-refractivity contribution is -0.143. The van der Waals surface area contributed by atoms with Crippen LogP contribution >= 0.6 is 11.6 Å². The minimum atomic E-state index is -0.954. The molecule has 0 saturated carbocycles. The second kappa shape index (κ2) is 14.1. The topological polar surface area (TPSA) is 67.9 Å². The van der Waals surface area contributed by atoms with E-state index in [0.717, 1.165) is 11.3 Å². The van der Waals surface area contributed by atoms with Gasteiger partial charge in [0.2, 0.25) is 5.91 Å². The molecule has 0 fully saturated rings. The molecule has 2 amide bonds. The van der Waals surface area contributed by atoms with E-state index in [0.29, 0.717) is 34.9 Å². The standard InChI is InChI=1S/C32H30ClFN2O4/c1-39-27-17-13-23(14-18-27)19-20-35-32(38)31(25-7-3-2-4-8-25)36(21-24-11-15-26(34)16-12-24)30(37)22-40-29-10-6-5-9-28(29)33/h2-18,31H,19-22H2,1H3,(H,35,38)/t31-/m1/s1. The third-order valence-electron chi connectivity index (χ3n) is 6.32. The Kier molecular flexibility index (Phi) is 10.1. The first-order valence-electron chi connectivity index (χ1n) is 12.8. The van der Waals surface area contributed by atoms with Crippen molar-refractivity contribution in [3.63, 3.8) is 0 Å². The number of carbonyl (C=O) groups is 2. The monoisotopic (exact) mass is 560 g/mol. The van der Waals surface area contributed by atoms with Gasteiger partial charge in [0.25, 0.3) is 5.91 Å². The largest absolute Gasteiger partial charge is 0.497 e. The van der Waals surface area contributed by atoms with Crippen LogP contribution in [0.5, 0.6) is 11.5 Å². The molecule has 0 saturated heterocycles. The van der Waals surface area contributed by atoms with Crippen LogP contribution < -0.4 is 14.8 Å². The Morgan fingerprint density at radius 1 is 0.875 bits per heavy atom. The average Bonchev–Trinajstić information content (AvgIpc) is 2.98. The molecule has 1 atom stereocenters. The number of ether oxygens (including phenoxy) is 2. The van der Waals surface area contributed by atoms with Crippen LogP contribution in [0.3, 0.4) is 0 Å². The summed E-state index contributed by atoms with van der Waals surface area (Å²) in [6.45, 7) is 0.0903. The minimum Gasteiger partial charge on any atom is -0.497 e. The molecule has 0 unspecified atom stereocenters. The van der Waals surface area contributed by atoms with Gasteiger partial charge < -0.3 is 19.7 Å². The van der Waals surface area contributed by atoms with Gasteiger partial charge in [-0.3, -0.25) is 9.59 Å². The molecule has 0 aliphatic carbocycles. The maximum absolute atomic E-state index is 13.7. The Morgan fingerprint density at radius 3 is 2.20 bits per heavy atom. The van der Waals surface area contributed by atoms with E-state index in [2.05, 4.69) is 5.32 Å². The molecule has 40 heavy (non-hydrogen) atoms. The Balaban J connectivity index is 1.57. The molecule has 0 aromatic heterocycles. The highest BCUT2D eigenvalue weighted by molar-refractivity contribution is 6.32. The first-order valence-corrected chi connectivity index (χ1v) is 13.2. The maximum atomic E-state index is 13.7. The molecular weight excluding hydrogens is 531 g/mol. The SMILES string of the molecule is COc1ccc(CCNC(=O)[C@@H](c2ccccc2)N(Cc2ccc(F)cc2)C(=O)COc2ccccc2Cl)cc1. The van der Waals surface area contributed by atoms with Gasteiger partial charge in [0.1, 0.15) is 23.4 Å². The highest BCUT2D eigenvalue weighted by Crippen LogP contribution is 2.26. The van der Waals surface area contributed by atoms with Crippen molar-refractivity contribution in [2.24, 2.45) is 0 Å². The fraction of sp³-hybridized carbons (Fsp3) is 0.188. The number of hydrogen-bond acceptors (Lipinski definition) is 4. The second-order valence-electron chi connectivity index (χ2n) is 9.07. The lowest BCUT2D eigenvalue weighted by atomic mass is 10.0. The van der Waals surface area contributed by atoms with E-state index in [1.165, 1.54) is 17.0 Å². The van der Waals surface area contributed by atoms with Gasteiger partial charge in [0, 0.05) is 13.1 Å². The molecule has 0 radical (unpaired) electrons. The molecule has 0 spiro atoms. The van der Waals surface area contributed by atoms with Gasteiger partial charge in [-0.1, -0.05) is 78.3 Å². The van der Waals surface area contributed by atoms with Crippen molar-refractivity contribution >= 4 is 23.4 Å². The Bertz CT molecular complexity index is 1400. The smallest absolute Gasteiger partial charge is 0.261 e. The van der Waals surface area contributed by atoms with Crippen LogP contribution in [0.25, 0.3) is 0 Å². The molecular formula is C32H30ClFN2O4. The molecule has 0 aliphatic rings. The van der Waals surface area contributed by atoms with E-state index < -0.39 is 11.9 Å². The number of halogens is 2. The first kappa shape index (κ1) is 28.6. The van der Waals surface area contributed by atoms with E-state index in [1.807, 2.05) is 42.5 Å². The third-order valence-corrected chi connectivity index (χ3v) is 6.63. The van der Waals surface area contributed by atoms with E-state index in [-0.39, 0.29) is 24.9 Å². The number of methoxy groups -OCH3 is 1. The zero-order valence-electron chi connectivity index (χ0n) is 22.1. The average molecular weight is 561 g/mol. The summed E-state index contributed by atoms with van der Waals surface area (Å²) in [6.07, 6.45) is 0.596. The quantitative estimate of drug-likeness (QED) is 0.231. The van der Waals surface area contributed by atoms with Gasteiger partial charge in [0.15, 0.2) is 6.61 Å². The highest BCUT2D eigenvalue weighted by Gasteiger charge is 2.31. The molecule has 8 heteroatoms. The number of amides is 2. The highest BCUT2D eigenvalue weighted by atomic mass is 35.5. The zero-order chi connectivity index (χ0) is 28.3. The van der Waals surface area contributed by atoms with E-state index in [1.54, 1.807) is 55.6 Å². The normalized spacial score (nSPS) is 11.4. The molecule has 6 nitrogen and oxygen atoms in total. The van der Waals surface area contributed by atoms with Crippen molar-refractivity contribution in [3.05, 3.63) is 131 Å². The van der Waals surface area contributed by atoms with Gasteiger partial charge in [-0.15, -0.1) is 0 Å². The van der Waals surface area contributed by atoms with Crippen molar-refractivity contribution in [3.8, 4) is 11.5 Å². The Labute approximate surface area is 238 Å². The van der Waals surface area contributed by atoms with Crippen LogP contribution in [-0.4, -0.2) is 37.0 Å². The summed E-state index contributed by atoms with van der Waals surface area (Å²) >= 11 is 6.21. The summed E-state index contributed by atoms with van der Waals surface area (Å²) in [4.78, 5) is 28.8. The third kappa shape index (κ3) is 7.83. The number of nitrogens with one attached hydrogen (secondary N) is 1. The molecule has 0 aliphatic heterocycles. The molecule has 4 aromatic rings. The van der Waals surface area contributed by atoms with Crippen LogP contribution in [0, 0.1) is 5.82 Å². The number of para-hydroxylation sites is 1. The van der Waals surface area contributed by atoms with Crippen molar-refractivity contribution in [2.75, 3.05) is 20.3 Å². The van der Waals surface area contributed by atoms with Crippen LogP contribution in [-0.2, 0) is 22.6 Å². The predicted molar refractivity (Wildman–Crippen MR) is 153 cm³/mol. The number of benzene rings is 4. The van der Waals surface area contributed by atoms with Crippen LogP contribution in [0.2, 0.25) is 5.02 Å². The van der Waals surface area contributed by atoms with Gasteiger partial charge >= 0.3 is 0 Å². The summed E-state index contributed by atoms with van der Waals surface area (Å²) in [5, 5.41) is 3.36. The van der Waals surface area contributed by atoms with Gasteiger partial charge in [-0.2, -0.15) is 0 Å². The lowest BCUT2D eigenvalue weighted by Gasteiger charge is -2.31. The number of nitrogens with zero attached hydrogens (tertiary/aromatic N) is 1. The molecule has 4 rings (SSSR count). The molecule has 4 aromatic carbocycles. The van der Waals surface area contributed by atoms with Crippen LogP contribution in [0.15, 0.2) is 103 Å². The van der Waals surface area contributed by atoms with E-state index in [9.17, 15) is 14.0 Å². The van der Waals surface area contributed by atoms with Crippen molar-refractivity contribution in [2.45, 2.75) is 19.0 Å². The second-order valence-corrected chi connectivity index (χ2v) is 9.48. The summed E-state index contributed by atoms with van der Waals surface area (Å²) in [6, 6.07) is 28.4. The number of carbonyl (C=O) groups excluding carboxylic acids is 2. The molecule has 0 bridgehead atoms. The molecule has 1 N–H and O–H groups in total. The van der Waals surface area contributed by atoms with E-state index >= 15 is 0 Å². The fourth-order valence-electron chi connectivity index (χ4n) is 4.22. The maximum Gasteiger partial charge on any atom is 0.261 e. The summed E-state index contributed by atoms with van der Waals surface area (Å²) in [5.41, 5.74) is 2.34. The number of hydrogen-bond donors (Lipinski definition) is 1. The Hall–Kier alpha value is -4.36. The summed E-state index contributed by atoms with van der Waals surface area (Å²) < 4.78 is 24.6. The van der Waals surface area contributed by atoms with E-state index in [4.69, 9.17) is 21.1 Å². The van der Waals surface area contributed by atoms with Gasteiger partial charge in [-0.25, -0.2) is 4.39 Å². The zero-order valence-corrected chi connectivity index (χ0v) is 22.8. The van der Waals surface area contributed by atoms with Crippen molar-refractivity contribution in [1.82, 2.24) is 10.2 Å². The molecule has 0 heterocycles. The summed E-state index contributed by atoms with van der Waals surface area (Å²) in [7, 11) is 1.61. The Morgan fingerprint density at radius 2 is 1.52 bits per heavy atom. The van der Waals surface area contributed by atoms with Crippen LogP contribution in [0.4, 0.5) is 4.39 Å². The minimum absolute atomic E-state index is 0.0659. The summed E-state index contributed by atoms with van der Waals surface area (Å²) in [5.74, 6) is -0.0405. The van der Waals surface area contributed by atoms with Crippen LogP contribution in [0.1, 0.15) is 22.7 Å². The van der Waals surface area contributed by atoms with Gasteiger partial charge in [-0.05, 0) is 59.5 Å². The number of rotatable bonds is 12.